The van der Waals surface area contributed by atoms with Gasteiger partial charge >= 0.3 is 5.97 Å². The van der Waals surface area contributed by atoms with E-state index in [1.54, 1.807) is 17.4 Å². The molecular formula is C27H32N2O2S. The lowest BCUT2D eigenvalue weighted by atomic mass is 9.87. The van der Waals surface area contributed by atoms with E-state index < -0.39 is 5.97 Å². The summed E-state index contributed by atoms with van der Waals surface area (Å²) in [5, 5.41) is 12.7. The Morgan fingerprint density at radius 1 is 1.19 bits per heavy atom. The van der Waals surface area contributed by atoms with E-state index in [-0.39, 0.29) is 5.41 Å². The van der Waals surface area contributed by atoms with Crippen LogP contribution >= 0.6 is 11.3 Å². The fourth-order valence-electron chi connectivity index (χ4n) is 4.39. The van der Waals surface area contributed by atoms with Gasteiger partial charge in [-0.2, -0.15) is 0 Å². The van der Waals surface area contributed by atoms with Crippen LogP contribution in [0.2, 0.25) is 0 Å². The van der Waals surface area contributed by atoms with Gasteiger partial charge in [0.1, 0.15) is 5.01 Å². The zero-order chi connectivity index (χ0) is 22.9. The predicted octanol–water partition coefficient (Wildman–Crippen LogP) is 7.47. The van der Waals surface area contributed by atoms with Gasteiger partial charge in [-0.05, 0) is 56.1 Å². The topological polar surface area (TPSA) is 55.1 Å². The predicted molar refractivity (Wildman–Crippen MR) is 133 cm³/mol. The van der Waals surface area contributed by atoms with Crippen molar-refractivity contribution >= 4 is 17.3 Å². The summed E-state index contributed by atoms with van der Waals surface area (Å²) in [5.41, 5.74) is 6.90. The van der Waals surface area contributed by atoms with E-state index in [0.29, 0.717) is 5.56 Å². The third-order valence-corrected chi connectivity index (χ3v) is 7.29. The van der Waals surface area contributed by atoms with Crippen molar-refractivity contribution < 1.29 is 9.90 Å². The van der Waals surface area contributed by atoms with Crippen molar-refractivity contribution in [2.24, 2.45) is 0 Å². The highest BCUT2D eigenvalue weighted by molar-refractivity contribution is 7.13. The summed E-state index contributed by atoms with van der Waals surface area (Å²) in [6, 6.07) is 10.4. The molecule has 0 amide bonds. The number of carbonyl (C=O) groups is 1. The van der Waals surface area contributed by atoms with Gasteiger partial charge in [-0.25, -0.2) is 9.78 Å². The van der Waals surface area contributed by atoms with E-state index in [0.717, 1.165) is 53.5 Å². The zero-order valence-electron chi connectivity index (χ0n) is 19.4. The van der Waals surface area contributed by atoms with Crippen molar-refractivity contribution in [2.75, 3.05) is 0 Å². The van der Waals surface area contributed by atoms with Gasteiger partial charge in [-0.15, -0.1) is 11.3 Å². The summed E-state index contributed by atoms with van der Waals surface area (Å²) in [7, 11) is 0. The second-order valence-corrected chi connectivity index (χ2v) is 10.6. The fraction of sp³-hybridized carbons (Fsp3) is 0.407. The van der Waals surface area contributed by atoms with Gasteiger partial charge in [0.15, 0.2) is 0 Å². The molecule has 1 aliphatic carbocycles. The molecule has 1 aromatic carbocycles. The number of hydrogen-bond acceptors (Lipinski definition) is 3. The van der Waals surface area contributed by atoms with Crippen LogP contribution in [0.1, 0.15) is 74.5 Å². The van der Waals surface area contributed by atoms with Gasteiger partial charge in [0.2, 0.25) is 0 Å². The Balaban J connectivity index is 1.64. The number of nitrogens with zero attached hydrogens (tertiary/aromatic N) is 2. The molecule has 0 saturated carbocycles. The molecule has 5 heteroatoms. The molecule has 4 rings (SSSR count). The number of aromatic nitrogens is 2. The van der Waals surface area contributed by atoms with Crippen LogP contribution in [0, 0.1) is 6.92 Å². The molecule has 0 unspecified atom stereocenters. The molecule has 4 nitrogen and oxygen atoms in total. The number of rotatable bonds is 6. The van der Waals surface area contributed by atoms with E-state index in [1.165, 1.54) is 24.0 Å². The smallest absolute Gasteiger partial charge is 0.337 e. The Labute approximate surface area is 194 Å². The summed E-state index contributed by atoms with van der Waals surface area (Å²) in [4.78, 5) is 16.7. The van der Waals surface area contributed by atoms with Crippen LogP contribution in [-0.4, -0.2) is 20.6 Å². The number of thiazole rings is 1. The maximum absolute atomic E-state index is 11.8. The molecule has 1 N–H and O–H groups in total. The zero-order valence-corrected chi connectivity index (χ0v) is 20.3. The Bertz CT molecular complexity index is 1140. The quantitative estimate of drug-likeness (QED) is 0.398. The van der Waals surface area contributed by atoms with E-state index in [1.807, 2.05) is 12.3 Å². The standard InChI is InChI=1S/C27H32N2O2S/c1-18-22(26(30)31)16-24(29(18)15-14-19-8-6-5-7-9-19)23-17-32-25(28-23)20-10-12-21(13-11-20)27(2,3)4/h8,10-13,16-17H,5-7,9,14-15H2,1-4H3,(H,30,31). The fourth-order valence-corrected chi connectivity index (χ4v) is 5.21. The summed E-state index contributed by atoms with van der Waals surface area (Å²) in [6.07, 6.45) is 8.19. The maximum atomic E-state index is 11.8. The third-order valence-electron chi connectivity index (χ3n) is 6.40. The highest BCUT2D eigenvalue weighted by atomic mass is 32.1. The Hall–Kier alpha value is -2.66. The lowest BCUT2D eigenvalue weighted by molar-refractivity contribution is 0.0696. The minimum absolute atomic E-state index is 0.117. The van der Waals surface area contributed by atoms with Crippen LogP contribution in [-0.2, 0) is 12.0 Å². The van der Waals surface area contributed by atoms with Gasteiger partial charge in [0.05, 0.1) is 17.0 Å². The van der Waals surface area contributed by atoms with Crippen LogP contribution in [0.5, 0.6) is 0 Å². The normalized spacial score (nSPS) is 14.4. The Kier molecular flexibility index (Phi) is 6.38. The molecular weight excluding hydrogens is 416 g/mol. The summed E-state index contributed by atoms with van der Waals surface area (Å²) >= 11 is 1.61. The minimum atomic E-state index is -0.882. The third kappa shape index (κ3) is 4.73. The van der Waals surface area contributed by atoms with Crippen LogP contribution in [0.4, 0.5) is 0 Å². The van der Waals surface area contributed by atoms with Crippen LogP contribution < -0.4 is 0 Å². The molecule has 3 aromatic rings. The average Bonchev–Trinajstić information content (AvgIpc) is 3.37. The number of carboxylic acid groups (broad SMARTS) is 1. The minimum Gasteiger partial charge on any atom is -0.478 e. The maximum Gasteiger partial charge on any atom is 0.337 e. The molecule has 32 heavy (non-hydrogen) atoms. The Morgan fingerprint density at radius 2 is 1.94 bits per heavy atom. The molecule has 0 atom stereocenters. The molecule has 2 aromatic heterocycles. The second kappa shape index (κ2) is 9.07. The average molecular weight is 449 g/mol. The van der Waals surface area contributed by atoms with E-state index in [2.05, 4.69) is 55.7 Å². The number of hydrogen-bond donors (Lipinski definition) is 1. The van der Waals surface area contributed by atoms with Crippen molar-refractivity contribution in [2.45, 2.75) is 71.8 Å². The number of benzene rings is 1. The number of aromatic carboxylic acids is 1. The van der Waals surface area contributed by atoms with Crippen molar-refractivity contribution in [3.05, 3.63) is 64.2 Å². The van der Waals surface area contributed by atoms with Gasteiger partial charge in [0, 0.05) is 23.2 Å². The summed E-state index contributed by atoms with van der Waals surface area (Å²) < 4.78 is 2.14. The molecule has 2 heterocycles. The molecule has 0 spiro atoms. The first-order chi connectivity index (χ1) is 15.2. The monoisotopic (exact) mass is 448 g/mol. The van der Waals surface area contributed by atoms with Crippen molar-refractivity contribution in [1.29, 1.82) is 0 Å². The largest absolute Gasteiger partial charge is 0.478 e. The molecule has 0 saturated heterocycles. The molecule has 0 radical (unpaired) electrons. The first-order valence-electron chi connectivity index (χ1n) is 11.4. The van der Waals surface area contributed by atoms with Crippen molar-refractivity contribution in [3.8, 4) is 22.0 Å². The van der Waals surface area contributed by atoms with Crippen molar-refractivity contribution in [1.82, 2.24) is 9.55 Å². The number of allylic oxidation sites excluding steroid dienone is 2. The van der Waals surface area contributed by atoms with E-state index in [4.69, 9.17) is 4.98 Å². The van der Waals surface area contributed by atoms with E-state index >= 15 is 0 Å². The van der Waals surface area contributed by atoms with Gasteiger partial charge in [0.25, 0.3) is 0 Å². The molecule has 168 valence electrons. The molecule has 1 aliphatic rings. The molecule has 0 bridgehead atoms. The number of carboxylic acids is 1. The lowest BCUT2D eigenvalue weighted by Gasteiger charge is -2.18. The van der Waals surface area contributed by atoms with Crippen LogP contribution in [0.25, 0.3) is 22.0 Å². The highest BCUT2D eigenvalue weighted by Gasteiger charge is 2.20. The van der Waals surface area contributed by atoms with Crippen molar-refractivity contribution in [3.63, 3.8) is 0 Å². The SMILES string of the molecule is Cc1c(C(=O)O)cc(-c2csc(-c3ccc(C(C)(C)C)cc3)n2)n1CCC1=CCCCC1. The van der Waals surface area contributed by atoms with Crippen LogP contribution in [0.15, 0.2) is 47.4 Å². The second-order valence-electron chi connectivity index (χ2n) is 9.71. The Morgan fingerprint density at radius 3 is 2.56 bits per heavy atom. The lowest BCUT2D eigenvalue weighted by Crippen LogP contribution is -2.10. The van der Waals surface area contributed by atoms with E-state index in [9.17, 15) is 9.90 Å². The van der Waals surface area contributed by atoms with Gasteiger partial charge in [-0.3, -0.25) is 0 Å². The molecule has 0 fully saturated rings. The van der Waals surface area contributed by atoms with Gasteiger partial charge < -0.3 is 9.67 Å². The molecule has 0 aliphatic heterocycles. The highest BCUT2D eigenvalue weighted by Crippen LogP contribution is 2.33. The summed E-state index contributed by atoms with van der Waals surface area (Å²) in [6.45, 7) is 9.32. The first kappa shape index (κ1) is 22.5. The van der Waals surface area contributed by atoms with Gasteiger partial charge in [-0.1, -0.05) is 56.7 Å². The first-order valence-corrected chi connectivity index (χ1v) is 12.3. The van der Waals surface area contributed by atoms with Crippen LogP contribution in [0.3, 0.4) is 0 Å². The summed E-state index contributed by atoms with van der Waals surface area (Å²) in [5.74, 6) is -0.882.